The Morgan fingerprint density at radius 3 is 3.05 bits per heavy atom. The van der Waals surface area contributed by atoms with Gasteiger partial charge in [-0.2, -0.15) is 0 Å². The van der Waals surface area contributed by atoms with Crippen molar-refractivity contribution < 1.29 is 14.3 Å². The molecule has 0 saturated carbocycles. The zero-order chi connectivity index (χ0) is 14.8. The van der Waals surface area contributed by atoms with Crippen LogP contribution in [0.25, 0.3) is 0 Å². The smallest absolute Gasteiger partial charge is 0.264 e. The molecular formula is C16H23NO3S. The summed E-state index contributed by atoms with van der Waals surface area (Å²) >= 11 is 1.65. The van der Waals surface area contributed by atoms with Crippen molar-refractivity contribution in [3.05, 3.63) is 21.4 Å². The Labute approximate surface area is 130 Å². The standard InChI is InChI=1S/C16H23NO3S/c1-11(2)7-13-10-20-6-4-17(13)16(18)15-8-12-9-19-5-3-14(12)21-15/h8,11,13H,3-7,9-10H2,1-2H3/t13-/m0/s1. The summed E-state index contributed by atoms with van der Waals surface area (Å²) in [5.74, 6) is 0.736. The molecular weight excluding hydrogens is 286 g/mol. The lowest BCUT2D eigenvalue weighted by Crippen LogP contribution is -2.49. The highest BCUT2D eigenvalue weighted by molar-refractivity contribution is 7.14. The van der Waals surface area contributed by atoms with Crippen molar-refractivity contribution in [2.75, 3.05) is 26.4 Å². The van der Waals surface area contributed by atoms with Crippen LogP contribution in [0.5, 0.6) is 0 Å². The fourth-order valence-electron chi connectivity index (χ4n) is 3.06. The second kappa shape index (κ2) is 6.46. The van der Waals surface area contributed by atoms with E-state index in [1.165, 1.54) is 10.4 Å². The van der Waals surface area contributed by atoms with Crippen molar-refractivity contribution in [3.8, 4) is 0 Å². The van der Waals surface area contributed by atoms with Gasteiger partial charge in [-0.25, -0.2) is 0 Å². The van der Waals surface area contributed by atoms with Crippen LogP contribution in [0.2, 0.25) is 0 Å². The lowest BCUT2D eigenvalue weighted by atomic mass is 10.0. The van der Waals surface area contributed by atoms with Crippen LogP contribution in [0.3, 0.4) is 0 Å². The molecule has 0 bridgehead atoms. The average Bonchev–Trinajstić information content (AvgIpc) is 2.90. The van der Waals surface area contributed by atoms with E-state index in [1.54, 1.807) is 11.3 Å². The Morgan fingerprint density at radius 1 is 1.43 bits per heavy atom. The Balaban J connectivity index is 1.77. The van der Waals surface area contributed by atoms with E-state index in [9.17, 15) is 4.79 Å². The maximum absolute atomic E-state index is 12.8. The molecule has 1 atom stereocenters. The van der Waals surface area contributed by atoms with Gasteiger partial charge in [-0.3, -0.25) is 4.79 Å². The van der Waals surface area contributed by atoms with Crippen LogP contribution >= 0.6 is 11.3 Å². The predicted octanol–water partition coefficient (Wildman–Crippen LogP) is 2.71. The topological polar surface area (TPSA) is 38.8 Å². The van der Waals surface area contributed by atoms with E-state index in [2.05, 4.69) is 13.8 Å². The SMILES string of the molecule is CC(C)C[C@H]1COCCN1C(=O)c1cc2c(s1)CCOC2. The predicted molar refractivity (Wildman–Crippen MR) is 82.8 cm³/mol. The van der Waals surface area contributed by atoms with Crippen molar-refractivity contribution in [1.29, 1.82) is 0 Å². The van der Waals surface area contributed by atoms with Gasteiger partial charge in [0.25, 0.3) is 5.91 Å². The van der Waals surface area contributed by atoms with E-state index < -0.39 is 0 Å². The molecule has 116 valence electrons. The Morgan fingerprint density at radius 2 is 2.29 bits per heavy atom. The van der Waals surface area contributed by atoms with E-state index in [0.717, 1.165) is 24.3 Å². The summed E-state index contributed by atoms with van der Waals surface area (Å²) in [6, 6.07) is 2.24. The number of amides is 1. The normalized spacial score (nSPS) is 22.4. The van der Waals surface area contributed by atoms with E-state index in [4.69, 9.17) is 9.47 Å². The number of nitrogens with zero attached hydrogens (tertiary/aromatic N) is 1. The molecule has 1 amide bonds. The number of hydrogen-bond donors (Lipinski definition) is 0. The van der Waals surface area contributed by atoms with Crippen LogP contribution in [-0.2, 0) is 22.5 Å². The second-order valence-electron chi connectivity index (χ2n) is 6.22. The summed E-state index contributed by atoms with van der Waals surface area (Å²) in [6.45, 7) is 7.82. The zero-order valence-electron chi connectivity index (χ0n) is 12.8. The summed E-state index contributed by atoms with van der Waals surface area (Å²) in [5.41, 5.74) is 1.20. The van der Waals surface area contributed by atoms with E-state index in [1.807, 2.05) is 11.0 Å². The highest BCUT2D eigenvalue weighted by Gasteiger charge is 2.30. The lowest BCUT2D eigenvalue weighted by Gasteiger charge is -2.36. The van der Waals surface area contributed by atoms with Crippen LogP contribution in [0.1, 0.15) is 40.4 Å². The van der Waals surface area contributed by atoms with Gasteiger partial charge in [-0.15, -0.1) is 11.3 Å². The summed E-state index contributed by atoms with van der Waals surface area (Å²) in [7, 11) is 0. The maximum atomic E-state index is 12.8. The molecule has 0 aliphatic carbocycles. The summed E-state index contributed by atoms with van der Waals surface area (Å²) in [6.07, 6.45) is 1.94. The van der Waals surface area contributed by atoms with Gasteiger partial charge >= 0.3 is 0 Å². The Kier molecular flexibility index (Phi) is 4.62. The number of rotatable bonds is 3. The van der Waals surface area contributed by atoms with Crippen molar-refractivity contribution in [2.45, 2.75) is 39.3 Å². The highest BCUT2D eigenvalue weighted by Crippen LogP contribution is 2.29. The molecule has 2 aliphatic heterocycles. The summed E-state index contributed by atoms with van der Waals surface area (Å²) < 4.78 is 11.0. The third kappa shape index (κ3) is 3.30. The number of morpholine rings is 1. The van der Waals surface area contributed by atoms with Crippen LogP contribution in [0.4, 0.5) is 0 Å². The van der Waals surface area contributed by atoms with Crippen LogP contribution in [0.15, 0.2) is 6.07 Å². The van der Waals surface area contributed by atoms with Gasteiger partial charge in [0.1, 0.15) is 0 Å². The average molecular weight is 309 g/mol. The van der Waals surface area contributed by atoms with Crippen LogP contribution < -0.4 is 0 Å². The number of hydrogen-bond acceptors (Lipinski definition) is 4. The molecule has 2 aliphatic rings. The molecule has 1 aromatic rings. The Bertz CT molecular complexity index is 488. The van der Waals surface area contributed by atoms with E-state index >= 15 is 0 Å². The third-order valence-electron chi connectivity index (χ3n) is 4.07. The molecule has 0 radical (unpaired) electrons. The van der Waals surface area contributed by atoms with Gasteiger partial charge < -0.3 is 14.4 Å². The zero-order valence-corrected chi connectivity index (χ0v) is 13.6. The first-order chi connectivity index (χ1) is 10.1. The van der Waals surface area contributed by atoms with Crippen molar-refractivity contribution in [3.63, 3.8) is 0 Å². The summed E-state index contributed by atoms with van der Waals surface area (Å²) in [5, 5.41) is 0. The molecule has 0 N–H and O–H groups in total. The minimum absolute atomic E-state index is 0.170. The van der Waals surface area contributed by atoms with Gasteiger partial charge in [0.05, 0.1) is 37.3 Å². The molecule has 4 nitrogen and oxygen atoms in total. The minimum atomic E-state index is 0.170. The molecule has 3 heterocycles. The molecule has 1 aromatic heterocycles. The fourth-order valence-corrected chi connectivity index (χ4v) is 4.16. The first-order valence-corrected chi connectivity index (χ1v) is 8.55. The van der Waals surface area contributed by atoms with Crippen molar-refractivity contribution >= 4 is 17.2 Å². The molecule has 0 aromatic carbocycles. The molecule has 5 heteroatoms. The number of carbonyl (C=O) groups excluding carboxylic acids is 1. The van der Waals surface area contributed by atoms with Gasteiger partial charge in [-0.1, -0.05) is 13.8 Å². The fraction of sp³-hybridized carbons (Fsp3) is 0.688. The molecule has 21 heavy (non-hydrogen) atoms. The van der Waals surface area contributed by atoms with E-state index in [0.29, 0.717) is 32.3 Å². The van der Waals surface area contributed by atoms with Crippen molar-refractivity contribution in [1.82, 2.24) is 4.90 Å². The molecule has 3 rings (SSSR count). The van der Waals surface area contributed by atoms with Gasteiger partial charge in [-0.05, 0) is 24.0 Å². The lowest BCUT2D eigenvalue weighted by molar-refractivity contribution is -0.00721. The third-order valence-corrected chi connectivity index (χ3v) is 5.30. The maximum Gasteiger partial charge on any atom is 0.264 e. The first-order valence-electron chi connectivity index (χ1n) is 7.73. The molecule has 1 fully saturated rings. The van der Waals surface area contributed by atoms with Gasteiger partial charge in [0.2, 0.25) is 0 Å². The number of carbonyl (C=O) groups is 1. The highest BCUT2D eigenvalue weighted by atomic mass is 32.1. The van der Waals surface area contributed by atoms with E-state index in [-0.39, 0.29) is 11.9 Å². The Hall–Kier alpha value is -0.910. The minimum Gasteiger partial charge on any atom is -0.377 e. The molecule has 0 spiro atoms. The summed E-state index contributed by atoms with van der Waals surface area (Å²) in [4.78, 5) is 17.0. The number of fused-ring (bicyclic) bond motifs is 1. The second-order valence-corrected chi connectivity index (χ2v) is 7.36. The first kappa shape index (κ1) is 15.0. The largest absolute Gasteiger partial charge is 0.377 e. The number of ether oxygens (including phenoxy) is 2. The van der Waals surface area contributed by atoms with Gasteiger partial charge in [0.15, 0.2) is 0 Å². The monoisotopic (exact) mass is 309 g/mol. The van der Waals surface area contributed by atoms with Gasteiger partial charge in [0, 0.05) is 17.8 Å². The molecule has 1 saturated heterocycles. The quantitative estimate of drug-likeness (QED) is 0.862. The van der Waals surface area contributed by atoms with Crippen molar-refractivity contribution in [2.24, 2.45) is 5.92 Å². The molecule has 0 unspecified atom stereocenters. The van der Waals surface area contributed by atoms with Crippen LogP contribution in [0, 0.1) is 5.92 Å². The van der Waals surface area contributed by atoms with Crippen LogP contribution in [-0.4, -0.2) is 43.2 Å². The number of thiophene rings is 1.